The van der Waals surface area contributed by atoms with Crippen molar-refractivity contribution in [3.63, 3.8) is 0 Å². The maximum atomic E-state index is 14.5. The summed E-state index contributed by atoms with van der Waals surface area (Å²) in [6, 6.07) is 11.4. The highest BCUT2D eigenvalue weighted by Gasteiger charge is 2.50. The first-order chi connectivity index (χ1) is 14.8. The molecule has 2 aromatic carbocycles. The van der Waals surface area contributed by atoms with Gasteiger partial charge in [-0.3, -0.25) is 4.79 Å². The summed E-state index contributed by atoms with van der Waals surface area (Å²) in [7, 11) is 1.28. The first kappa shape index (κ1) is 22.7. The number of nitrogens with zero attached hydrogens (tertiary/aromatic N) is 3. The number of thioether (sulfide) groups is 1. The Morgan fingerprint density at radius 3 is 2.58 bits per heavy atom. The molecule has 0 aromatic heterocycles. The van der Waals surface area contributed by atoms with Gasteiger partial charge in [-0.05, 0) is 43.1 Å². The van der Waals surface area contributed by atoms with Crippen molar-refractivity contribution < 1.29 is 23.2 Å². The summed E-state index contributed by atoms with van der Waals surface area (Å²) in [4.78, 5) is 28.4. The number of rotatable bonds is 5. The van der Waals surface area contributed by atoms with E-state index in [1.165, 1.54) is 7.05 Å². The second kappa shape index (κ2) is 9.44. The lowest BCUT2D eigenvalue weighted by molar-refractivity contribution is -0.171. The predicted molar refractivity (Wildman–Crippen MR) is 114 cm³/mol. The van der Waals surface area contributed by atoms with Crippen LogP contribution in [-0.4, -0.2) is 40.7 Å². The fourth-order valence-corrected chi connectivity index (χ4v) is 4.67. The standard InChI is InChI=1S/C21H22F2N4O3S/c1-14(28)30-26(2)20(29)27-21(11-6-12-24,15-7-4-3-5-8-15)31-19(25-27)17-13-16(22)9-10-18(17)23/h3-5,7-10,13H,6,11-12,24H2,1-2H3/t21-/m0/s1. The molecule has 0 unspecified atom stereocenters. The van der Waals surface area contributed by atoms with Crippen LogP contribution in [-0.2, 0) is 14.5 Å². The van der Waals surface area contributed by atoms with Gasteiger partial charge < -0.3 is 10.6 Å². The molecule has 1 atom stereocenters. The van der Waals surface area contributed by atoms with E-state index in [0.717, 1.165) is 47.0 Å². The lowest BCUT2D eigenvalue weighted by atomic mass is 10.0. The molecule has 10 heteroatoms. The molecule has 0 fully saturated rings. The molecule has 2 aromatic rings. The first-order valence-electron chi connectivity index (χ1n) is 9.53. The summed E-state index contributed by atoms with van der Waals surface area (Å²) in [6.07, 6.45) is 0.902. The highest BCUT2D eigenvalue weighted by molar-refractivity contribution is 8.15. The Morgan fingerprint density at radius 2 is 1.94 bits per heavy atom. The number of hydrazone groups is 1. The van der Waals surface area contributed by atoms with E-state index in [0.29, 0.717) is 24.9 Å². The van der Waals surface area contributed by atoms with Crippen LogP contribution in [0.25, 0.3) is 0 Å². The molecule has 0 radical (unpaired) electrons. The molecule has 0 saturated heterocycles. The third-order valence-corrected chi connectivity index (χ3v) is 6.06. The van der Waals surface area contributed by atoms with E-state index >= 15 is 0 Å². The fourth-order valence-electron chi connectivity index (χ4n) is 3.25. The van der Waals surface area contributed by atoms with E-state index in [9.17, 15) is 18.4 Å². The zero-order valence-electron chi connectivity index (χ0n) is 17.0. The van der Waals surface area contributed by atoms with Crippen molar-refractivity contribution >= 4 is 28.8 Å². The Kier molecular flexibility index (Phi) is 6.91. The third-order valence-electron chi connectivity index (χ3n) is 4.62. The van der Waals surface area contributed by atoms with E-state index in [1.807, 2.05) is 18.2 Å². The molecule has 7 nitrogen and oxygen atoms in total. The van der Waals surface area contributed by atoms with Crippen molar-refractivity contribution in [1.82, 2.24) is 10.1 Å². The van der Waals surface area contributed by atoms with Gasteiger partial charge in [0.15, 0.2) is 0 Å². The van der Waals surface area contributed by atoms with Gasteiger partial charge >= 0.3 is 12.0 Å². The Hall–Kier alpha value is -2.98. The third kappa shape index (κ3) is 4.70. The molecular weight excluding hydrogens is 426 g/mol. The van der Waals surface area contributed by atoms with Crippen molar-refractivity contribution in [3.8, 4) is 0 Å². The molecule has 1 heterocycles. The minimum Gasteiger partial charge on any atom is -0.337 e. The number of nitrogens with two attached hydrogens (primary N) is 1. The highest BCUT2D eigenvalue weighted by Crippen LogP contribution is 2.50. The number of hydroxylamine groups is 2. The summed E-state index contributed by atoms with van der Waals surface area (Å²) in [5.74, 6) is -1.99. The molecule has 1 aliphatic rings. The van der Waals surface area contributed by atoms with Crippen LogP contribution in [0.3, 0.4) is 0 Å². The Bertz CT molecular complexity index is 1010. The molecule has 0 saturated carbocycles. The van der Waals surface area contributed by atoms with Gasteiger partial charge in [-0.1, -0.05) is 42.1 Å². The normalized spacial score (nSPS) is 18.0. The molecule has 3 rings (SSSR count). The van der Waals surface area contributed by atoms with Crippen molar-refractivity contribution in [1.29, 1.82) is 0 Å². The Labute approximate surface area is 182 Å². The van der Waals surface area contributed by atoms with E-state index < -0.39 is 28.5 Å². The summed E-state index contributed by atoms with van der Waals surface area (Å²) in [5.41, 5.74) is 6.39. The SMILES string of the molecule is CC(=O)ON(C)C(=O)N1N=C(c2cc(F)ccc2F)S[C@@]1(CCCN)c1ccccc1. The Balaban J connectivity index is 2.14. The summed E-state index contributed by atoms with van der Waals surface area (Å²) < 4.78 is 28.4. The zero-order valence-corrected chi connectivity index (χ0v) is 17.9. The minimum atomic E-state index is -1.10. The van der Waals surface area contributed by atoms with Gasteiger partial charge in [-0.15, -0.1) is 0 Å². The Morgan fingerprint density at radius 1 is 1.23 bits per heavy atom. The van der Waals surface area contributed by atoms with Gasteiger partial charge in [-0.2, -0.15) is 15.2 Å². The molecule has 0 aliphatic carbocycles. The van der Waals surface area contributed by atoms with E-state index in [-0.39, 0.29) is 10.6 Å². The van der Waals surface area contributed by atoms with Crippen molar-refractivity contribution in [2.24, 2.45) is 10.8 Å². The number of urea groups is 1. The maximum absolute atomic E-state index is 14.5. The smallest absolute Gasteiger partial charge is 0.337 e. The molecule has 0 spiro atoms. The van der Waals surface area contributed by atoms with Crippen LogP contribution in [0.15, 0.2) is 53.6 Å². The second-order valence-corrected chi connectivity index (χ2v) is 8.11. The first-order valence-corrected chi connectivity index (χ1v) is 10.3. The summed E-state index contributed by atoms with van der Waals surface area (Å²) in [5, 5.41) is 6.39. The van der Waals surface area contributed by atoms with Gasteiger partial charge in [0, 0.05) is 12.5 Å². The molecule has 2 amide bonds. The fraction of sp³-hybridized carbons (Fsp3) is 0.286. The summed E-state index contributed by atoms with van der Waals surface area (Å²) in [6.45, 7) is 1.51. The lowest BCUT2D eigenvalue weighted by Gasteiger charge is -2.37. The average molecular weight is 448 g/mol. The summed E-state index contributed by atoms with van der Waals surface area (Å²) >= 11 is 1.13. The van der Waals surface area contributed by atoms with Crippen LogP contribution in [0.5, 0.6) is 0 Å². The van der Waals surface area contributed by atoms with E-state index in [1.54, 1.807) is 12.1 Å². The monoisotopic (exact) mass is 448 g/mol. The van der Waals surface area contributed by atoms with Crippen LogP contribution < -0.4 is 5.73 Å². The maximum Gasteiger partial charge on any atom is 0.375 e. The molecule has 2 N–H and O–H groups in total. The molecule has 31 heavy (non-hydrogen) atoms. The lowest BCUT2D eigenvalue weighted by Crippen LogP contribution is -2.47. The second-order valence-electron chi connectivity index (χ2n) is 6.85. The average Bonchev–Trinajstić information content (AvgIpc) is 3.14. The van der Waals surface area contributed by atoms with Gasteiger partial charge in [0.25, 0.3) is 0 Å². The van der Waals surface area contributed by atoms with Crippen LogP contribution >= 0.6 is 11.8 Å². The van der Waals surface area contributed by atoms with Crippen LogP contribution in [0.1, 0.15) is 30.9 Å². The number of carbonyl (C=O) groups is 2. The van der Waals surface area contributed by atoms with Crippen molar-refractivity contribution in [2.45, 2.75) is 24.6 Å². The predicted octanol–water partition coefficient (Wildman–Crippen LogP) is 3.80. The van der Waals surface area contributed by atoms with Crippen molar-refractivity contribution in [3.05, 3.63) is 71.3 Å². The highest BCUT2D eigenvalue weighted by atomic mass is 32.2. The zero-order chi connectivity index (χ0) is 22.6. The van der Waals surface area contributed by atoms with Crippen molar-refractivity contribution in [2.75, 3.05) is 13.6 Å². The number of hydrogen-bond donors (Lipinski definition) is 1. The van der Waals surface area contributed by atoms with Gasteiger partial charge in [0.2, 0.25) is 0 Å². The number of carbonyl (C=O) groups excluding carboxylic acids is 2. The minimum absolute atomic E-state index is 0.0662. The van der Waals surface area contributed by atoms with E-state index in [2.05, 4.69) is 5.10 Å². The van der Waals surface area contributed by atoms with Crippen LogP contribution in [0.4, 0.5) is 13.6 Å². The molecule has 164 valence electrons. The largest absolute Gasteiger partial charge is 0.375 e. The number of benzene rings is 2. The van der Waals surface area contributed by atoms with E-state index in [4.69, 9.17) is 10.6 Å². The van der Waals surface area contributed by atoms with Gasteiger partial charge in [-0.25, -0.2) is 13.6 Å². The van der Waals surface area contributed by atoms with Gasteiger partial charge in [0.05, 0.1) is 7.05 Å². The number of amides is 2. The molecule has 0 bridgehead atoms. The molecule has 1 aliphatic heterocycles. The quantitative estimate of drug-likeness (QED) is 0.703. The van der Waals surface area contributed by atoms with Gasteiger partial charge in [0.1, 0.15) is 21.5 Å². The topological polar surface area (TPSA) is 88.2 Å². The molecular formula is C21H22F2N4O3S. The van der Waals surface area contributed by atoms with Crippen LogP contribution in [0, 0.1) is 11.6 Å². The number of hydrogen-bond acceptors (Lipinski definition) is 6. The van der Waals surface area contributed by atoms with Crippen LogP contribution in [0.2, 0.25) is 0 Å². The number of halogens is 2.